The Kier molecular flexibility index (Phi) is 10.7. The lowest BCUT2D eigenvalue weighted by Gasteiger charge is -2.42. The van der Waals surface area contributed by atoms with Crippen molar-refractivity contribution in [1.29, 1.82) is 5.26 Å². The molecule has 0 radical (unpaired) electrons. The van der Waals surface area contributed by atoms with Crippen LogP contribution in [-0.4, -0.2) is 95.1 Å². The van der Waals surface area contributed by atoms with Crippen molar-refractivity contribution in [3.63, 3.8) is 0 Å². The molecule has 7 rings (SSSR count). The van der Waals surface area contributed by atoms with Crippen LogP contribution in [0.1, 0.15) is 50.4 Å². The number of benzene rings is 3. The molecule has 0 saturated carbocycles. The summed E-state index contributed by atoms with van der Waals surface area (Å²) in [7, 11) is 0. The summed E-state index contributed by atoms with van der Waals surface area (Å²) in [6, 6.07) is 25.4. The first kappa shape index (κ1) is 36.7. The third-order valence-electron chi connectivity index (χ3n) is 10.1. The van der Waals surface area contributed by atoms with E-state index in [1.54, 1.807) is 25.7 Å². The maximum absolute atomic E-state index is 14.7. The molecule has 3 atom stereocenters. The summed E-state index contributed by atoms with van der Waals surface area (Å²) >= 11 is 0. The lowest BCUT2D eigenvalue weighted by molar-refractivity contribution is 0.0177. The van der Waals surface area contributed by atoms with Gasteiger partial charge in [-0.05, 0) is 44.2 Å². The Morgan fingerprint density at radius 3 is 2.46 bits per heavy atom. The third-order valence-corrected chi connectivity index (χ3v) is 10.1. The van der Waals surface area contributed by atoms with E-state index in [9.17, 15) is 19.2 Å². The number of carbonyl (C=O) groups excluding carboxylic acids is 2. The van der Waals surface area contributed by atoms with Gasteiger partial charge in [0.1, 0.15) is 30.8 Å². The molecule has 2 saturated heterocycles. The van der Waals surface area contributed by atoms with Gasteiger partial charge in [-0.25, -0.2) is 14.0 Å². The summed E-state index contributed by atoms with van der Waals surface area (Å²) < 4.78 is 32.2. The number of alkyl halides is 1. The fourth-order valence-electron chi connectivity index (χ4n) is 7.51. The van der Waals surface area contributed by atoms with E-state index in [4.69, 9.17) is 24.2 Å². The van der Waals surface area contributed by atoms with E-state index in [1.807, 2.05) is 42.5 Å². The maximum atomic E-state index is 14.7. The highest BCUT2D eigenvalue weighted by Gasteiger charge is 2.39. The van der Waals surface area contributed by atoms with Crippen LogP contribution >= 0.6 is 0 Å². The minimum atomic E-state index is -1.20. The van der Waals surface area contributed by atoms with Crippen LogP contribution in [0.4, 0.5) is 25.5 Å². The van der Waals surface area contributed by atoms with Gasteiger partial charge >= 0.3 is 18.2 Å². The van der Waals surface area contributed by atoms with E-state index in [0.717, 1.165) is 39.8 Å². The first-order chi connectivity index (χ1) is 26.1. The van der Waals surface area contributed by atoms with Crippen LogP contribution in [0.15, 0.2) is 72.8 Å². The number of carbonyl (C=O) groups is 2. The Morgan fingerprint density at radius 2 is 1.67 bits per heavy atom. The second kappa shape index (κ2) is 15.8. The Morgan fingerprint density at radius 1 is 0.889 bits per heavy atom. The Balaban J connectivity index is 1.15. The topological polar surface area (TPSA) is 124 Å². The van der Waals surface area contributed by atoms with Crippen LogP contribution in [-0.2, 0) is 29.0 Å². The number of anilines is 2. The third kappa shape index (κ3) is 8.28. The van der Waals surface area contributed by atoms with E-state index in [1.165, 1.54) is 4.90 Å². The molecule has 13 heteroatoms. The number of nitriles is 1. The van der Waals surface area contributed by atoms with E-state index < -0.39 is 36.0 Å². The molecule has 282 valence electrons. The van der Waals surface area contributed by atoms with Crippen LogP contribution in [0.5, 0.6) is 6.01 Å². The van der Waals surface area contributed by atoms with E-state index in [2.05, 4.69) is 46.2 Å². The van der Waals surface area contributed by atoms with Crippen LogP contribution in [0.2, 0.25) is 0 Å². The monoisotopic (exact) mass is 735 g/mol. The molecule has 3 aromatic carbocycles. The zero-order valence-corrected chi connectivity index (χ0v) is 31.0. The van der Waals surface area contributed by atoms with Crippen molar-refractivity contribution >= 4 is 34.5 Å². The van der Waals surface area contributed by atoms with Crippen molar-refractivity contribution < 1.29 is 28.2 Å². The Hall–Kier alpha value is -5.64. The number of piperazine rings is 1. The van der Waals surface area contributed by atoms with Gasteiger partial charge in [0.05, 0.1) is 43.4 Å². The normalized spacial score (nSPS) is 20.0. The minimum absolute atomic E-state index is 0.0109. The highest BCUT2D eigenvalue weighted by Crippen LogP contribution is 2.35. The van der Waals surface area contributed by atoms with Gasteiger partial charge in [-0.3, -0.25) is 4.90 Å². The smallest absolute Gasteiger partial charge is 0.410 e. The molecule has 2 amide bonds. The van der Waals surface area contributed by atoms with Gasteiger partial charge in [-0.15, -0.1) is 0 Å². The van der Waals surface area contributed by atoms with Crippen molar-refractivity contribution in [3.8, 4) is 12.1 Å². The van der Waals surface area contributed by atoms with E-state index in [-0.39, 0.29) is 38.6 Å². The van der Waals surface area contributed by atoms with Gasteiger partial charge in [0.2, 0.25) is 0 Å². The fraction of sp³-hybridized carbons (Fsp3) is 0.439. The number of nitrogens with zero attached hydrogens (tertiary/aromatic N) is 7. The molecule has 12 nitrogen and oxygen atoms in total. The molecule has 4 heterocycles. The zero-order chi connectivity index (χ0) is 37.8. The number of aromatic nitrogens is 2. The van der Waals surface area contributed by atoms with Gasteiger partial charge in [0.15, 0.2) is 0 Å². The summed E-state index contributed by atoms with van der Waals surface area (Å²) in [5.41, 5.74) is 3.04. The largest absolute Gasteiger partial charge is 0.461 e. The molecule has 0 aliphatic carbocycles. The summed E-state index contributed by atoms with van der Waals surface area (Å²) in [6.07, 6.45) is -1.35. The predicted octanol–water partition coefficient (Wildman–Crippen LogP) is 6.66. The Bertz CT molecular complexity index is 2010. The Labute approximate surface area is 315 Å². The second-order valence-corrected chi connectivity index (χ2v) is 15.1. The van der Waals surface area contributed by atoms with Crippen molar-refractivity contribution in [2.75, 3.05) is 49.1 Å². The van der Waals surface area contributed by atoms with Gasteiger partial charge in [0, 0.05) is 49.2 Å². The number of hydrogen-bond donors (Lipinski definition) is 0. The summed E-state index contributed by atoms with van der Waals surface area (Å²) in [5, 5.41) is 12.1. The molecule has 3 aliphatic rings. The van der Waals surface area contributed by atoms with Crippen LogP contribution in [0.3, 0.4) is 0 Å². The zero-order valence-electron chi connectivity index (χ0n) is 31.0. The number of hydrogen-bond acceptors (Lipinski definition) is 10. The molecular formula is C41H46FN7O5. The highest BCUT2D eigenvalue weighted by atomic mass is 19.1. The molecule has 1 aromatic heterocycles. The standard InChI is InChI=1S/C41H46FN7O5/c1-41(2,3)54-40(51)49-23-30(42)22-32(49)27-52-38-44-35-25-46(36-15-9-13-29-12-7-8-14-33(29)36)19-17-34(35)37(45-38)47-20-21-48(31(24-47)16-18-43)39(50)53-26-28-10-5-4-6-11-28/h4-15,30-32H,16-17,19-27H2,1-3H3/t30-,31?,32+/m1/s1. The lowest BCUT2D eigenvalue weighted by Crippen LogP contribution is -2.55. The van der Waals surface area contributed by atoms with Crippen LogP contribution < -0.4 is 14.5 Å². The van der Waals surface area contributed by atoms with Gasteiger partial charge < -0.3 is 28.9 Å². The first-order valence-electron chi connectivity index (χ1n) is 18.5. The number of fused-ring (bicyclic) bond motifs is 2. The van der Waals surface area contributed by atoms with Crippen LogP contribution in [0.25, 0.3) is 10.8 Å². The molecule has 2 fully saturated rings. The molecule has 1 unspecified atom stereocenters. The summed E-state index contributed by atoms with van der Waals surface area (Å²) in [6.45, 7) is 7.77. The van der Waals surface area contributed by atoms with E-state index >= 15 is 0 Å². The average Bonchev–Trinajstić information content (AvgIpc) is 3.55. The molecule has 0 N–H and O–H groups in total. The average molecular weight is 736 g/mol. The fourth-order valence-corrected chi connectivity index (χ4v) is 7.51. The molecule has 4 aromatic rings. The SMILES string of the molecule is CC(C)(C)OC(=O)N1C[C@H](F)C[C@H]1COc1nc2c(c(N3CCN(C(=O)OCc4ccccc4)C(CC#N)C3)n1)CCN(c1cccc3ccccc13)C2. The van der Waals surface area contributed by atoms with Crippen LogP contribution in [0, 0.1) is 11.3 Å². The first-order valence-corrected chi connectivity index (χ1v) is 18.5. The number of ether oxygens (including phenoxy) is 3. The van der Waals surface area contributed by atoms with E-state index in [0.29, 0.717) is 38.4 Å². The van der Waals surface area contributed by atoms with Gasteiger partial charge in [-0.1, -0.05) is 66.7 Å². The van der Waals surface area contributed by atoms with Crippen molar-refractivity contribution in [1.82, 2.24) is 19.8 Å². The highest BCUT2D eigenvalue weighted by molar-refractivity contribution is 5.94. The quantitative estimate of drug-likeness (QED) is 0.194. The molecule has 54 heavy (non-hydrogen) atoms. The maximum Gasteiger partial charge on any atom is 0.410 e. The summed E-state index contributed by atoms with van der Waals surface area (Å²) in [4.78, 5) is 43.6. The number of halogens is 1. The molecule has 3 aliphatic heterocycles. The summed E-state index contributed by atoms with van der Waals surface area (Å²) in [5.74, 6) is 0.687. The molecule has 0 spiro atoms. The van der Waals surface area contributed by atoms with Crippen molar-refractivity contribution in [3.05, 3.63) is 89.6 Å². The minimum Gasteiger partial charge on any atom is -0.461 e. The number of amides is 2. The van der Waals surface area contributed by atoms with Gasteiger partial charge in [-0.2, -0.15) is 15.2 Å². The van der Waals surface area contributed by atoms with Crippen molar-refractivity contribution in [2.24, 2.45) is 0 Å². The predicted molar refractivity (Wildman–Crippen MR) is 202 cm³/mol. The van der Waals surface area contributed by atoms with Crippen molar-refractivity contribution in [2.45, 2.75) is 77.0 Å². The molecular weight excluding hydrogens is 689 g/mol. The van der Waals surface area contributed by atoms with Gasteiger partial charge in [0.25, 0.3) is 0 Å². The molecule has 0 bridgehead atoms. The lowest BCUT2D eigenvalue weighted by atomic mass is 10.0. The number of likely N-dealkylation sites (tertiary alicyclic amines) is 1. The number of rotatable bonds is 8. The second-order valence-electron chi connectivity index (χ2n) is 15.1.